The van der Waals surface area contributed by atoms with Crippen molar-refractivity contribution in [1.82, 2.24) is 15.0 Å². The quantitative estimate of drug-likeness (QED) is 0.840. The number of hydroxylamine groups is 4. The Morgan fingerprint density at radius 3 is 2.91 bits per heavy atom. The molecule has 0 saturated carbocycles. The number of hydrogen-bond acceptors (Lipinski definition) is 5. The molecule has 3 aliphatic heterocycles. The third kappa shape index (κ3) is 3.12. The normalized spacial score (nSPS) is 30.8. The molecule has 23 heavy (non-hydrogen) atoms. The van der Waals surface area contributed by atoms with Crippen LogP contribution < -0.4 is 0 Å². The molecular formula is C17H23N3O3. The molecule has 6 nitrogen and oxygen atoms in total. The van der Waals surface area contributed by atoms with Crippen molar-refractivity contribution >= 4 is 5.91 Å². The zero-order chi connectivity index (χ0) is 15.6. The lowest BCUT2D eigenvalue weighted by Gasteiger charge is -2.31. The topological polar surface area (TPSA) is 45.2 Å². The summed E-state index contributed by atoms with van der Waals surface area (Å²) in [5.74, 6) is 0.117. The van der Waals surface area contributed by atoms with Crippen LogP contribution in [0.1, 0.15) is 24.8 Å². The Hall–Kier alpha value is -1.47. The van der Waals surface area contributed by atoms with E-state index in [0.29, 0.717) is 25.9 Å². The van der Waals surface area contributed by atoms with Crippen LogP contribution in [0.15, 0.2) is 30.3 Å². The summed E-state index contributed by atoms with van der Waals surface area (Å²) >= 11 is 0. The molecule has 0 N–H and O–H groups in total. The van der Waals surface area contributed by atoms with Crippen molar-refractivity contribution in [3.05, 3.63) is 35.9 Å². The van der Waals surface area contributed by atoms with Crippen molar-refractivity contribution in [3.8, 4) is 0 Å². The van der Waals surface area contributed by atoms with Gasteiger partial charge in [0.25, 0.3) is 5.91 Å². The van der Waals surface area contributed by atoms with Crippen molar-refractivity contribution in [2.75, 3.05) is 26.4 Å². The number of carbonyl (C=O) groups is 1. The highest BCUT2D eigenvalue weighted by Crippen LogP contribution is 2.30. The van der Waals surface area contributed by atoms with E-state index in [9.17, 15) is 4.79 Å². The van der Waals surface area contributed by atoms with Gasteiger partial charge in [-0.15, -0.1) is 0 Å². The van der Waals surface area contributed by atoms with Gasteiger partial charge in [0.15, 0.2) is 0 Å². The lowest BCUT2D eigenvalue weighted by Crippen LogP contribution is -2.49. The summed E-state index contributed by atoms with van der Waals surface area (Å²) in [5.41, 5.74) is 1.17. The zero-order valence-electron chi connectivity index (χ0n) is 13.3. The van der Waals surface area contributed by atoms with E-state index in [-0.39, 0.29) is 11.9 Å². The predicted molar refractivity (Wildman–Crippen MR) is 83.7 cm³/mol. The molecule has 0 aliphatic carbocycles. The van der Waals surface area contributed by atoms with Crippen LogP contribution in [0.5, 0.6) is 0 Å². The second kappa shape index (κ2) is 6.57. The van der Waals surface area contributed by atoms with Crippen LogP contribution in [-0.2, 0) is 21.1 Å². The van der Waals surface area contributed by atoms with E-state index in [4.69, 9.17) is 9.68 Å². The Kier molecular flexibility index (Phi) is 4.31. The average molecular weight is 317 g/mol. The first kappa shape index (κ1) is 15.1. The van der Waals surface area contributed by atoms with Crippen LogP contribution in [0.25, 0.3) is 0 Å². The lowest BCUT2D eigenvalue weighted by atomic mass is 10.0. The van der Waals surface area contributed by atoms with Gasteiger partial charge in [0.1, 0.15) is 0 Å². The van der Waals surface area contributed by atoms with E-state index in [1.165, 1.54) is 5.56 Å². The van der Waals surface area contributed by atoms with Crippen molar-refractivity contribution < 1.29 is 14.5 Å². The van der Waals surface area contributed by atoms with Crippen LogP contribution in [0.2, 0.25) is 0 Å². The first-order chi connectivity index (χ1) is 11.3. The number of benzene rings is 1. The number of carbonyl (C=O) groups excluding carboxylic acids is 1. The second-order valence-electron chi connectivity index (χ2n) is 6.46. The van der Waals surface area contributed by atoms with Gasteiger partial charge in [-0.2, -0.15) is 5.06 Å². The molecule has 1 aromatic rings. The average Bonchev–Trinajstić information content (AvgIpc) is 3.22. The molecule has 3 aliphatic rings. The van der Waals surface area contributed by atoms with E-state index in [1.807, 2.05) is 23.3 Å². The van der Waals surface area contributed by atoms with Crippen LogP contribution in [-0.4, -0.2) is 59.4 Å². The Morgan fingerprint density at radius 1 is 1.26 bits per heavy atom. The van der Waals surface area contributed by atoms with E-state index in [1.54, 1.807) is 5.06 Å². The molecule has 0 spiro atoms. The number of rotatable bonds is 4. The smallest absolute Gasteiger partial charge is 0.263 e. The highest BCUT2D eigenvalue weighted by atomic mass is 16.7. The van der Waals surface area contributed by atoms with Crippen LogP contribution >= 0.6 is 0 Å². The summed E-state index contributed by atoms with van der Waals surface area (Å²) in [6.07, 6.45) is 2.82. The van der Waals surface area contributed by atoms with E-state index in [2.05, 4.69) is 17.0 Å². The molecule has 3 atom stereocenters. The maximum absolute atomic E-state index is 12.6. The fourth-order valence-electron chi connectivity index (χ4n) is 3.65. The van der Waals surface area contributed by atoms with Gasteiger partial charge in [-0.25, -0.2) is 5.06 Å². The fraction of sp³-hybridized carbons (Fsp3) is 0.588. The van der Waals surface area contributed by atoms with Crippen LogP contribution in [0, 0.1) is 0 Å². The Balaban J connectivity index is 1.34. The van der Waals surface area contributed by atoms with Crippen molar-refractivity contribution in [2.24, 2.45) is 0 Å². The third-order valence-electron chi connectivity index (χ3n) is 4.91. The third-order valence-corrected chi connectivity index (χ3v) is 4.91. The maximum Gasteiger partial charge on any atom is 0.263 e. The van der Waals surface area contributed by atoms with Gasteiger partial charge >= 0.3 is 0 Å². The molecule has 3 heterocycles. The molecule has 2 bridgehead atoms. The number of hydrogen-bond donors (Lipinski definition) is 0. The lowest BCUT2D eigenvalue weighted by molar-refractivity contribution is -0.184. The molecule has 0 radical (unpaired) electrons. The maximum atomic E-state index is 12.6. The van der Waals surface area contributed by atoms with Crippen LogP contribution in [0.4, 0.5) is 0 Å². The summed E-state index contributed by atoms with van der Waals surface area (Å²) in [7, 11) is 0. The highest BCUT2D eigenvalue weighted by molar-refractivity contribution is 5.81. The number of amides is 1. The van der Waals surface area contributed by atoms with Gasteiger partial charge in [-0.05, 0) is 24.8 Å². The minimum absolute atomic E-state index is 0.0605. The summed E-state index contributed by atoms with van der Waals surface area (Å²) in [5, 5.41) is 3.60. The molecular weight excluding hydrogens is 294 g/mol. The van der Waals surface area contributed by atoms with Crippen LogP contribution in [0.3, 0.4) is 0 Å². The highest BCUT2D eigenvalue weighted by Gasteiger charge is 2.44. The second-order valence-corrected chi connectivity index (χ2v) is 6.46. The Labute approximate surface area is 136 Å². The Bertz CT molecular complexity index is 547. The SMILES string of the molecule is O=C([C@@H]1CC[C@@H]2CN1CN2OCc1ccccc1)N1CCCO1. The molecule has 0 aromatic heterocycles. The van der Waals surface area contributed by atoms with E-state index >= 15 is 0 Å². The standard InChI is InChI=1S/C17H23N3O3/c21-17(19-9-4-10-22-19)16-8-7-15-11-18(16)13-20(15)23-12-14-5-2-1-3-6-14/h1-3,5-6,15-16H,4,7-13H2/t15-,16+/m1/s1. The van der Waals surface area contributed by atoms with E-state index in [0.717, 1.165) is 32.4 Å². The van der Waals surface area contributed by atoms with Gasteiger partial charge in [-0.3, -0.25) is 19.4 Å². The monoisotopic (exact) mass is 317 g/mol. The minimum atomic E-state index is -0.0605. The van der Waals surface area contributed by atoms with Gasteiger partial charge in [0.2, 0.25) is 0 Å². The number of piperidine rings is 1. The summed E-state index contributed by atoms with van der Waals surface area (Å²) < 4.78 is 0. The summed E-state index contributed by atoms with van der Waals surface area (Å²) in [6, 6.07) is 10.5. The predicted octanol–water partition coefficient (Wildman–Crippen LogP) is 1.39. The van der Waals surface area contributed by atoms with Crippen molar-refractivity contribution in [3.63, 3.8) is 0 Å². The number of fused-ring (bicyclic) bond motifs is 2. The molecule has 1 amide bonds. The van der Waals surface area contributed by atoms with Gasteiger partial charge in [0, 0.05) is 12.6 Å². The van der Waals surface area contributed by atoms with E-state index < -0.39 is 0 Å². The largest absolute Gasteiger partial charge is 0.293 e. The molecule has 1 aromatic carbocycles. The summed E-state index contributed by atoms with van der Waals surface area (Å²) in [4.78, 5) is 26.2. The van der Waals surface area contributed by atoms with Gasteiger partial charge in [0.05, 0.1) is 32.5 Å². The van der Waals surface area contributed by atoms with Crippen molar-refractivity contribution in [2.45, 2.75) is 38.0 Å². The molecule has 124 valence electrons. The molecule has 4 rings (SSSR count). The molecule has 1 unspecified atom stereocenters. The Morgan fingerprint density at radius 2 is 2.13 bits per heavy atom. The van der Waals surface area contributed by atoms with Gasteiger partial charge in [-0.1, -0.05) is 30.3 Å². The molecule has 3 fully saturated rings. The first-order valence-electron chi connectivity index (χ1n) is 8.43. The molecule has 6 heteroatoms. The fourth-order valence-corrected chi connectivity index (χ4v) is 3.65. The number of nitrogens with zero attached hydrogens (tertiary/aromatic N) is 3. The van der Waals surface area contributed by atoms with Crippen molar-refractivity contribution in [1.29, 1.82) is 0 Å². The summed E-state index contributed by atoms with van der Waals surface area (Å²) in [6.45, 7) is 3.56. The zero-order valence-corrected chi connectivity index (χ0v) is 13.3. The molecule has 3 saturated heterocycles. The minimum Gasteiger partial charge on any atom is -0.293 e. The van der Waals surface area contributed by atoms with Gasteiger partial charge < -0.3 is 0 Å². The first-order valence-corrected chi connectivity index (χ1v) is 8.43.